The number of unbranched alkanes of at least 4 members (excludes halogenated alkanes) is 5. The fraction of sp³-hybridized carbons (Fsp3) is 0.684. The zero-order valence-corrected chi connectivity index (χ0v) is 14.1. The quantitative estimate of drug-likeness (QED) is 0.452. The molecular formula is C19H29F3. The van der Waals surface area contributed by atoms with E-state index in [1.807, 2.05) is 0 Å². The molecule has 0 amide bonds. The Bertz CT molecular complexity index is 410. The van der Waals surface area contributed by atoms with Crippen LogP contribution in [0.2, 0.25) is 0 Å². The lowest BCUT2D eigenvalue weighted by Crippen LogP contribution is -2.04. The summed E-state index contributed by atoms with van der Waals surface area (Å²) in [5.41, 5.74) is 0.874. The van der Waals surface area contributed by atoms with Crippen molar-refractivity contribution in [1.29, 1.82) is 0 Å². The monoisotopic (exact) mass is 314 g/mol. The summed E-state index contributed by atoms with van der Waals surface area (Å²) in [6.07, 6.45) is 5.22. The molecule has 0 atom stereocenters. The molecule has 0 aromatic heterocycles. The zero-order valence-electron chi connectivity index (χ0n) is 14.1. The van der Waals surface area contributed by atoms with Gasteiger partial charge in [-0.15, -0.1) is 0 Å². The number of aryl methyl sites for hydroxylation is 1. The molecule has 0 nitrogen and oxygen atoms in total. The molecule has 0 N–H and O–H groups in total. The molecule has 0 unspecified atom stereocenters. The van der Waals surface area contributed by atoms with Crippen molar-refractivity contribution in [2.24, 2.45) is 5.41 Å². The average molecular weight is 314 g/mol. The summed E-state index contributed by atoms with van der Waals surface area (Å²) in [7, 11) is 0. The predicted molar refractivity (Wildman–Crippen MR) is 86.9 cm³/mol. The van der Waals surface area contributed by atoms with Crippen LogP contribution in [0, 0.1) is 5.41 Å². The van der Waals surface area contributed by atoms with Crippen molar-refractivity contribution >= 4 is 0 Å². The van der Waals surface area contributed by atoms with Crippen molar-refractivity contribution in [3.63, 3.8) is 0 Å². The van der Waals surface area contributed by atoms with E-state index in [0.717, 1.165) is 24.8 Å². The second-order valence-electron chi connectivity index (χ2n) is 7.38. The topological polar surface area (TPSA) is 0 Å². The molecule has 0 saturated carbocycles. The third-order valence-electron chi connectivity index (χ3n) is 3.92. The third-order valence-corrected chi connectivity index (χ3v) is 3.92. The van der Waals surface area contributed by atoms with E-state index in [9.17, 15) is 13.2 Å². The number of rotatable bonds is 8. The summed E-state index contributed by atoms with van der Waals surface area (Å²) >= 11 is 0. The molecule has 0 aliphatic carbocycles. The van der Waals surface area contributed by atoms with Gasteiger partial charge in [0.25, 0.3) is 0 Å². The molecule has 0 heterocycles. The lowest BCUT2D eigenvalue weighted by molar-refractivity contribution is -0.137. The molecule has 126 valence electrons. The van der Waals surface area contributed by atoms with Crippen molar-refractivity contribution in [3.8, 4) is 0 Å². The first-order valence-electron chi connectivity index (χ1n) is 8.35. The molecule has 0 aliphatic heterocycles. The van der Waals surface area contributed by atoms with Gasteiger partial charge in [-0.3, -0.25) is 0 Å². The standard InChI is InChI=1S/C19H29F3/c1-18(2,3)15-9-7-5-4-6-8-10-16-11-13-17(14-12-16)19(20,21)22/h11-14H,4-10,15H2,1-3H3. The summed E-state index contributed by atoms with van der Waals surface area (Å²) in [6.45, 7) is 6.82. The number of benzene rings is 1. The second kappa shape index (κ2) is 8.59. The van der Waals surface area contributed by atoms with Gasteiger partial charge >= 0.3 is 6.18 Å². The number of halogens is 3. The van der Waals surface area contributed by atoms with Crippen LogP contribution < -0.4 is 0 Å². The fourth-order valence-corrected chi connectivity index (χ4v) is 2.55. The molecule has 0 saturated heterocycles. The van der Waals surface area contributed by atoms with Crippen molar-refractivity contribution in [2.75, 3.05) is 0 Å². The van der Waals surface area contributed by atoms with E-state index >= 15 is 0 Å². The van der Waals surface area contributed by atoms with Crippen LogP contribution in [-0.2, 0) is 12.6 Å². The second-order valence-corrected chi connectivity index (χ2v) is 7.38. The van der Waals surface area contributed by atoms with Crippen LogP contribution in [0.3, 0.4) is 0 Å². The first-order chi connectivity index (χ1) is 10.2. The lowest BCUT2D eigenvalue weighted by Gasteiger charge is -2.17. The van der Waals surface area contributed by atoms with E-state index in [1.165, 1.54) is 44.2 Å². The minimum absolute atomic E-state index is 0.433. The van der Waals surface area contributed by atoms with Crippen molar-refractivity contribution in [1.82, 2.24) is 0 Å². The van der Waals surface area contributed by atoms with Crippen LogP contribution in [0.1, 0.15) is 76.8 Å². The highest BCUT2D eigenvalue weighted by Gasteiger charge is 2.29. The summed E-state index contributed by atoms with van der Waals surface area (Å²) in [5.74, 6) is 0. The minimum atomic E-state index is -4.23. The molecule has 1 rings (SSSR count). The molecule has 0 spiro atoms. The maximum Gasteiger partial charge on any atom is 0.416 e. The first-order valence-corrected chi connectivity index (χ1v) is 8.35. The van der Waals surface area contributed by atoms with E-state index in [-0.39, 0.29) is 0 Å². The van der Waals surface area contributed by atoms with Gasteiger partial charge in [-0.2, -0.15) is 13.2 Å². The molecular weight excluding hydrogens is 285 g/mol. The number of hydrogen-bond donors (Lipinski definition) is 0. The van der Waals surface area contributed by atoms with Crippen LogP contribution in [-0.4, -0.2) is 0 Å². The summed E-state index contributed by atoms with van der Waals surface area (Å²) in [4.78, 5) is 0. The summed E-state index contributed by atoms with van der Waals surface area (Å²) in [6, 6.07) is 5.57. The maximum absolute atomic E-state index is 12.4. The molecule has 0 aliphatic rings. The van der Waals surface area contributed by atoms with Crippen molar-refractivity contribution < 1.29 is 13.2 Å². The average Bonchev–Trinajstić information content (AvgIpc) is 2.40. The van der Waals surface area contributed by atoms with Gasteiger partial charge in [0.05, 0.1) is 5.56 Å². The van der Waals surface area contributed by atoms with Crippen molar-refractivity contribution in [2.45, 2.75) is 78.3 Å². The SMILES string of the molecule is CC(C)(C)CCCCCCCCc1ccc(C(F)(F)F)cc1. The molecule has 0 fully saturated rings. The minimum Gasteiger partial charge on any atom is -0.166 e. The van der Waals surface area contributed by atoms with E-state index in [0.29, 0.717) is 5.41 Å². The van der Waals surface area contributed by atoms with Crippen LogP contribution in [0.4, 0.5) is 13.2 Å². The first kappa shape index (κ1) is 19.1. The fourth-order valence-electron chi connectivity index (χ4n) is 2.55. The Balaban J connectivity index is 2.10. The van der Waals surface area contributed by atoms with Gasteiger partial charge in [-0.05, 0) is 42.4 Å². The van der Waals surface area contributed by atoms with Crippen LogP contribution in [0.15, 0.2) is 24.3 Å². The molecule has 1 aromatic rings. The number of alkyl halides is 3. The van der Waals surface area contributed by atoms with E-state index < -0.39 is 11.7 Å². The van der Waals surface area contributed by atoms with Crippen LogP contribution in [0.5, 0.6) is 0 Å². The zero-order chi connectivity index (χ0) is 16.6. The van der Waals surface area contributed by atoms with E-state index in [2.05, 4.69) is 20.8 Å². The lowest BCUT2D eigenvalue weighted by atomic mass is 9.89. The molecule has 1 aromatic carbocycles. The summed E-state index contributed by atoms with van der Waals surface area (Å²) < 4.78 is 37.3. The van der Waals surface area contributed by atoms with Crippen LogP contribution in [0.25, 0.3) is 0 Å². The van der Waals surface area contributed by atoms with Gasteiger partial charge in [0.15, 0.2) is 0 Å². The predicted octanol–water partition coefficient (Wildman–Crippen LogP) is 7.02. The Hall–Kier alpha value is -0.990. The molecule has 22 heavy (non-hydrogen) atoms. The van der Waals surface area contributed by atoms with Gasteiger partial charge in [0, 0.05) is 0 Å². The van der Waals surface area contributed by atoms with Gasteiger partial charge in [0.2, 0.25) is 0 Å². The molecule has 0 bridgehead atoms. The highest BCUT2D eigenvalue weighted by Crippen LogP contribution is 2.29. The van der Waals surface area contributed by atoms with Crippen LogP contribution >= 0.6 is 0 Å². The molecule has 0 radical (unpaired) electrons. The Morgan fingerprint density at radius 3 is 1.73 bits per heavy atom. The normalized spacial score (nSPS) is 12.6. The largest absolute Gasteiger partial charge is 0.416 e. The van der Waals surface area contributed by atoms with Crippen molar-refractivity contribution in [3.05, 3.63) is 35.4 Å². The third kappa shape index (κ3) is 8.45. The van der Waals surface area contributed by atoms with Gasteiger partial charge in [0.1, 0.15) is 0 Å². The highest BCUT2D eigenvalue weighted by atomic mass is 19.4. The summed E-state index contributed by atoms with van der Waals surface area (Å²) in [5, 5.41) is 0. The van der Waals surface area contributed by atoms with Gasteiger partial charge < -0.3 is 0 Å². The Kier molecular flexibility index (Phi) is 7.44. The molecule has 3 heteroatoms. The Morgan fingerprint density at radius 1 is 0.727 bits per heavy atom. The van der Waals surface area contributed by atoms with Gasteiger partial charge in [-0.1, -0.05) is 65.0 Å². The maximum atomic E-state index is 12.4. The smallest absolute Gasteiger partial charge is 0.166 e. The Morgan fingerprint density at radius 2 is 1.23 bits per heavy atom. The van der Waals surface area contributed by atoms with Gasteiger partial charge in [-0.25, -0.2) is 0 Å². The van der Waals surface area contributed by atoms with E-state index in [1.54, 1.807) is 12.1 Å². The number of hydrogen-bond acceptors (Lipinski definition) is 0. The highest BCUT2D eigenvalue weighted by molar-refractivity contribution is 5.24. The Labute approximate surface area is 133 Å². The van der Waals surface area contributed by atoms with E-state index in [4.69, 9.17) is 0 Å².